The Hall–Kier alpha value is -1.85. The van der Waals surface area contributed by atoms with E-state index in [0.29, 0.717) is 19.3 Å². The van der Waals surface area contributed by atoms with Crippen LogP contribution in [0.2, 0.25) is 0 Å². The van der Waals surface area contributed by atoms with E-state index in [-0.39, 0.29) is 31.1 Å². The molecule has 1 atom stereocenters. The van der Waals surface area contributed by atoms with Gasteiger partial charge in [0.05, 0.1) is 0 Å². The number of carbonyl (C=O) groups is 3. The summed E-state index contributed by atoms with van der Waals surface area (Å²) in [5, 5.41) is 0. The van der Waals surface area contributed by atoms with E-state index in [1.807, 2.05) is 0 Å². The van der Waals surface area contributed by atoms with E-state index in [1.54, 1.807) is 0 Å². The van der Waals surface area contributed by atoms with Crippen molar-refractivity contribution < 1.29 is 28.6 Å². The predicted molar refractivity (Wildman–Crippen MR) is 330 cm³/mol. The smallest absolute Gasteiger partial charge is 0.306 e. The Bertz CT molecular complexity index is 1180. The largest absolute Gasteiger partial charge is 0.462 e. The molecule has 1 unspecified atom stereocenters. The summed E-state index contributed by atoms with van der Waals surface area (Å²) >= 11 is 0. The van der Waals surface area contributed by atoms with Crippen molar-refractivity contribution in [1.82, 2.24) is 0 Å². The van der Waals surface area contributed by atoms with Crippen molar-refractivity contribution in [3.8, 4) is 0 Å². The summed E-state index contributed by atoms with van der Waals surface area (Å²) in [6.07, 6.45) is 78.8. The monoisotopic (exact) mass is 1070 g/mol. The number of carbonyl (C=O) groups excluding carboxylic acids is 3. The van der Waals surface area contributed by atoms with Gasteiger partial charge in [-0.1, -0.05) is 348 Å². The summed E-state index contributed by atoms with van der Waals surface area (Å²) in [6.45, 7) is 6.64. The van der Waals surface area contributed by atoms with Crippen molar-refractivity contribution in [3.63, 3.8) is 0 Å². The van der Waals surface area contributed by atoms with Crippen LogP contribution < -0.4 is 0 Å². The SMILES string of the molecule is CCCCCCCCCC/C=C\CCCCCCCCCCCCCCCCCCCCCC(=O)OCC(COC(=O)CCCCCCC)OC(=O)CCCCCCCCCCCCCCCCCCCCCCCC. The van der Waals surface area contributed by atoms with Crippen molar-refractivity contribution in [3.05, 3.63) is 12.2 Å². The molecule has 0 aliphatic carbocycles. The number of rotatable bonds is 65. The van der Waals surface area contributed by atoms with Crippen LogP contribution in [0.25, 0.3) is 0 Å². The third-order valence-electron chi connectivity index (χ3n) is 16.0. The number of unbranched alkanes of at least 4 members (excludes halogenated alkanes) is 52. The average molecular weight is 1070 g/mol. The summed E-state index contributed by atoms with van der Waals surface area (Å²) in [4.78, 5) is 38.0. The van der Waals surface area contributed by atoms with Crippen LogP contribution in [0.5, 0.6) is 0 Å². The zero-order chi connectivity index (χ0) is 55.0. The summed E-state index contributed by atoms with van der Waals surface area (Å²) in [7, 11) is 0. The highest BCUT2D eigenvalue weighted by Gasteiger charge is 2.19. The van der Waals surface area contributed by atoms with Crippen LogP contribution in [-0.2, 0) is 28.6 Å². The van der Waals surface area contributed by atoms with Crippen LogP contribution in [0.3, 0.4) is 0 Å². The Morgan fingerprint density at radius 1 is 0.250 bits per heavy atom. The Kier molecular flexibility index (Phi) is 64.1. The Labute approximate surface area is 475 Å². The molecule has 0 saturated heterocycles. The van der Waals surface area contributed by atoms with Gasteiger partial charge in [0, 0.05) is 19.3 Å². The Morgan fingerprint density at radius 2 is 0.434 bits per heavy atom. The lowest BCUT2D eigenvalue weighted by Crippen LogP contribution is -2.30. The molecule has 0 aromatic heterocycles. The van der Waals surface area contributed by atoms with Gasteiger partial charge in [-0.05, 0) is 44.9 Å². The molecule has 0 heterocycles. The minimum absolute atomic E-state index is 0.0637. The maximum Gasteiger partial charge on any atom is 0.306 e. The van der Waals surface area contributed by atoms with Gasteiger partial charge in [0.2, 0.25) is 0 Å². The van der Waals surface area contributed by atoms with Gasteiger partial charge >= 0.3 is 17.9 Å². The molecule has 0 aromatic carbocycles. The first-order chi connectivity index (χ1) is 37.5. The summed E-state index contributed by atoms with van der Waals surface area (Å²) in [5.41, 5.74) is 0. The van der Waals surface area contributed by atoms with Gasteiger partial charge < -0.3 is 14.2 Å². The van der Waals surface area contributed by atoms with Gasteiger partial charge in [-0.3, -0.25) is 14.4 Å². The Morgan fingerprint density at radius 3 is 0.658 bits per heavy atom. The molecular weight excluding hydrogens is 937 g/mol. The first-order valence-corrected chi connectivity index (χ1v) is 34.7. The van der Waals surface area contributed by atoms with Gasteiger partial charge in [0.25, 0.3) is 0 Å². The van der Waals surface area contributed by atoms with E-state index in [2.05, 4.69) is 32.9 Å². The van der Waals surface area contributed by atoms with Gasteiger partial charge in [-0.15, -0.1) is 0 Å². The van der Waals surface area contributed by atoms with Crippen molar-refractivity contribution in [2.24, 2.45) is 0 Å². The first kappa shape index (κ1) is 74.2. The fourth-order valence-corrected chi connectivity index (χ4v) is 10.8. The highest BCUT2D eigenvalue weighted by Crippen LogP contribution is 2.19. The fraction of sp³-hybridized carbons (Fsp3) is 0.929. The molecule has 0 fully saturated rings. The van der Waals surface area contributed by atoms with Crippen molar-refractivity contribution in [1.29, 1.82) is 0 Å². The van der Waals surface area contributed by atoms with Crippen LogP contribution in [0.1, 0.15) is 400 Å². The van der Waals surface area contributed by atoms with Crippen molar-refractivity contribution in [2.45, 2.75) is 406 Å². The summed E-state index contributed by atoms with van der Waals surface area (Å²) < 4.78 is 16.8. The third kappa shape index (κ3) is 63.0. The third-order valence-corrected chi connectivity index (χ3v) is 16.0. The lowest BCUT2D eigenvalue weighted by Gasteiger charge is -2.18. The number of esters is 3. The minimum atomic E-state index is -0.762. The molecular formula is C70H134O6. The highest BCUT2D eigenvalue weighted by atomic mass is 16.6. The summed E-state index contributed by atoms with van der Waals surface area (Å²) in [5.74, 6) is -0.848. The van der Waals surface area contributed by atoms with Crippen LogP contribution in [0, 0.1) is 0 Å². The second-order valence-corrected chi connectivity index (χ2v) is 23.8. The standard InChI is InChI=1S/C70H134O6/c1-4-7-10-13-15-17-19-21-23-25-27-29-31-32-33-34-35-36-37-38-39-41-42-44-46-48-50-52-54-57-60-63-69(72)75-66-67(65-74-68(71)62-59-56-12-9-6-3)76-70(73)64-61-58-55-53-51-49-47-45-43-40-30-28-26-24-22-20-18-16-14-11-8-5-2/h25,27,67H,4-24,26,28-66H2,1-3H3/b27-25-. The Balaban J connectivity index is 3.89. The van der Waals surface area contributed by atoms with Gasteiger partial charge in [-0.25, -0.2) is 0 Å². The topological polar surface area (TPSA) is 78.9 Å². The van der Waals surface area contributed by atoms with E-state index in [1.165, 1.54) is 295 Å². The molecule has 0 spiro atoms. The van der Waals surface area contributed by atoms with Gasteiger partial charge in [0.15, 0.2) is 6.10 Å². The average Bonchev–Trinajstić information content (AvgIpc) is 3.42. The zero-order valence-corrected chi connectivity index (χ0v) is 51.8. The molecule has 0 rings (SSSR count). The maximum absolute atomic E-state index is 12.8. The fourth-order valence-electron chi connectivity index (χ4n) is 10.8. The molecule has 0 bridgehead atoms. The molecule has 6 nitrogen and oxygen atoms in total. The molecule has 0 radical (unpaired) electrons. The van der Waals surface area contributed by atoms with E-state index < -0.39 is 6.10 Å². The second-order valence-electron chi connectivity index (χ2n) is 23.8. The molecule has 0 aliphatic rings. The van der Waals surface area contributed by atoms with Crippen LogP contribution in [-0.4, -0.2) is 37.2 Å². The maximum atomic E-state index is 12.8. The zero-order valence-electron chi connectivity index (χ0n) is 51.8. The molecule has 76 heavy (non-hydrogen) atoms. The van der Waals surface area contributed by atoms with Crippen LogP contribution >= 0.6 is 0 Å². The quantitative estimate of drug-likeness (QED) is 0.0261. The molecule has 0 aliphatic heterocycles. The number of ether oxygens (including phenoxy) is 3. The van der Waals surface area contributed by atoms with E-state index >= 15 is 0 Å². The molecule has 0 amide bonds. The van der Waals surface area contributed by atoms with Crippen LogP contribution in [0.4, 0.5) is 0 Å². The normalized spacial score (nSPS) is 12.0. The molecule has 450 valence electrons. The molecule has 6 heteroatoms. The lowest BCUT2D eigenvalue weighted by atomic mass is 10.0. The van der Waals surface area contributed by atoms with E-state index in [0.717, 1.165) is 64.2 Å². The lowest BCUT2D eigenvalue weighted by molar-refractivity contribution is -0.167. The summed E-state index contributed by atoms with van der Waals surface area (Å²) in [6, 6.07) is 0. The van der Waals surface area contributed by atoms with Gasteiger partial charge in [0.1, 0.15) is 13.2 Å². The van der Waals surface area contributed by atoms with E-state index in [4.69, 9.17) is 14.2 Å². The first-order valence-electron chi connectivity index (χ1n) is 34.7. The number of allylic oxidation sites excluding steroid dienone is 2. The predicted octanol–water partition coefficient (Wildman–Crippen LogP) is 23.6. The molecule has 0 aromatic rings. The van der Waals surface area contributed by atoms with Crippen LogP contribution in [0.15, 0.2) is 12.2 Å². The number of hydrogen-bond donors (Lipinski definition) is 0. The number of hydrogen-bond acceptors (Lipinski definition) is 6. The van der Waals surface area contributed by atoms with Crippen molar-refractivity contribution >= 4 is 17.9 Å². The highest BCUT2D eigenvalue weighted by molar-refractivity contribution is 5.71. The van der Waals surface area contributed by atoms with Crippen molar-refractivity contribution in [2.75, 3.05) is 13.2 Å². The van der Waals surface area contributed by atoms with E-state index in [9.17, 15) is 14.4 Å². The molecule has 0 saturated carbocycles. The van der Waals surface area contributed by atoms with Gasteiger partial charge in [-0.2, -0.15) is 0 Å². The second kappa shape index (κ2) is 65.7. The molecule has 0 N–H and O–H groups in total. The minimum Gasteiger partial charge on any atom is -0.462 e.